The second-order valence-electron chi connectivity index (χ2n) is 35.4. The zero-order valence-electron chi connectivity index (χ0n) is 60.9. The van der Waals surface area contributed by atoms with E-state index in [0.717, 1.165) is 50.5 Å². The number of hydrogen-bond acceptors (Lipinski definition) is 12. The third-order valence-corrected chi connectivity index (χ3v) is 45.6. The molecule has 87 heavy (non-hydrogen) atoms. The highest BCUT2D eigenvalue weighted by molar-refractivity contribution is 6.76. The van der Waals surface area contributed by atoms with Crippen LogP contribution in [0.4, 0.5) is 0 Å². The van der Waals surface area contributed by atoms with Crippen LogP contribution in [0.25, 0.3) is 0 Å². The summed E-state index contributed by atoms with van der Waals surface area (Å²) < 4.78 is 72.5. The van der Waals surface area contributed by atoms with Crippen molar-refractivity contribution in [2.45, 2.75) is 377 Å². The van der Waals surface area contributed by atoms with Gasteiger partial charge in [0.15, 0.2) is 41.6 Å². The summed E-state index contributed by atoms with van der Waals surface area (Å²) in [6.45, 7) is 69.5. The molecule has 506 valence electrons. The molecule has 1 N–H and O–H groups in total. The smallest absolute Gasteiger partial charge is 0.193 e. The molecule has 0 aromatic rings. The predicted octanol–water partition coefficient (Wildman–Crippen LogP) is 18.0. The van der Waals surface area contributed by atoms with E-state index in [1.807, 2.05) is 0 Å². The number of aliphatic hydroxyl groups excluding tert-OH is 1. The van der Waals surface area contributed by atoms with E-state index in [9.17, 15) is 9.90 Å². The van der Waals surface area contributed by atoms with Crippen molar-refractivity contribution in [2.75, 3.05) is 13.7 Å². The Kier molecular flexibility index (Phi) is 26.3. The quantitative estimate of drug-likeness (QED) is 0.131. The maximum atomic E-state index is 14.9. The zero-order chi connectivity index (χ0) is 66.1. The molecular weight excluding hydrogens is 1170 g/mol. The molecule has 0 aromatic carbocycles. The molecule has 0 amide bonds. The normalized spacial score (nSPS) is 33.6. The number of rotatable bonds is 14. The molecule has 5 heterocycles. The Morgan fingerprint density at radius 2 is 1.14 bits per heavy atom. The minimum absolute atomic E-state index is 0.0114. The molecule has 6 bridgehead atoms. The van der Waals surface area contributed by atoms with Gasteiger partial charge in [-0.15, -0.1) is 0 Å². The number of allylic oxidation sites excluding steroid dienone is 1. The summed E-state index contributed by atoms with van der Waals surface area (Å²) in [4.78, 5) is 14.9. The Morgan fingerprint density at radius 3 is 1.71 bits per heavy atom. The molecule has 0 radical (unpaired) electrons. The number of Topliss-reactive ketones (excluding diaryl/α,β-unsaturated/α-hetero) is 1. The maximum Gasteiger partial charge on any atom is 0.193 e. The summed E-state index contributed by atoms with van der Waals surface area (Å²) >= 11 is 0. The van der Waals surface area contributed by atoms with Gasteiger partial charge in [0.1, 0.15) is 11.9 Å². The summed E-state index contributed by atoms with van der Waals surface area (Å²) in [5.41, 5.74) is 2.24. The van der Waals surface area contributed by atoms with Crippen LogP contribution in [0.2, 0.25) is 90.7 Å². The lowest BCUT2D eigenvalue weighted by Gasteiger charge is -2.52. The molecule has 4 saturated heterocycles. The molecule has 0 saturated carbocycles. The summed E-state index contributed by atoms with van der Waals surface area (Å²) in [5.74, 6) is -0.0659. The van der Waals surface area contributed by atoms with E-state index in [4.69, 9.17) is 45.8 Å². The Labute approximate surface area is 538 Å². The standard InChI is InChI=1S/C70H134O12Si5/c1-47-39-53-37-38-57-48(2)40-52(75-57)33-31-30-32-34-58(80-85(24,25)68(10,11)12)64-65(82-87(28,29)70(16,17)18)62(81-86(26,27)69(13,14)15)43-54(77-64)36-35-50(71)41-51(72)42-56-60(45-59(76-53)49(47)3)78-61(63(56)73-19)44-55(79-84(22,23)67(7,8)9)46-74-83(20,21)66(4,5)6/h32,34,47,50,52-65,71H,2-3,30-31,33,35-46H2,1,4-29H3/b34-32+/t47-,50?,52?,53+,54?,55?,56?,57?,58?,59?,60+,61?,62?,63-,64?,65?/m1/s1. The first-order chi connectivity index (χ1) is 39.5. The number of carbonyl (C=O) groups is 1. The lowest BCUT2D eigenvalue weighted by molar-refractivity contribution is -0.183. The maximum absolute atomic E-state index is 14.9. The second-order valence-corrected chi connectivity index (χ2v) is 59.2. The zero-order valence-corrected chi connectivity index (χ0v) is 65.9. The molecule has 12 unspecified atom stereocenters. The van der Waals surface area contributed by atoms with Gasteiger partial charge in [0.05, 0.1) is 86.0 Å². The molecular formula is C70H134O12Si5. The molecule has 16 atom stereocenters. The fraction of sp³-hybridized carbons (Fsp3) is 0.900. The average Bonchev–Trinajstić information content (AvgIpc) is 3.36. The molecule has 5 aliphatic rings. The van der Waals surface area contributed by atoms with Crippen LogP contribution in [0.5, 0.6) is 0 Å². The highest BCUT2D eigenvalue weighted by Gasteiger charge is 2.54. The third kappa shape index (κ3) is 20.5. The summed E-state index contributed by atoms with van der Waals surface area (Å²) in [6.07, 6.45) is 9.41. The van der Waals surface area contributed by atoms with E-state index in [0.29, 0.717) is 38.7 Å². The Bertz CT molecular complexity index is 2270. The molecule has 0 spiro atoms. The molecule has 4 fully saturated rings. The van der Waals surface area contributed by atoms with Gasteiger partial charge in [-0.25, -0.2) is 0 Å². The minimum Gasteiger partial charge on any atom is -0.414 e. The van der Waals surface area contributed by atoms with E-state index in [1.54, 1.807) is 7.11 Å². The van der Waals surface area contributed by atoms with Crippen LogP contribution in [0.15, 0.2) is 36.5 Å². The van der Waals surface area contributed by atoms with Gasteiger partial charge in [-0.2, -0.15) is 0 Å². The van der Waals surface area contributed by atoms with Gasteiger partial charge in [-0.05, 0) is 166 Å². The highest BCUT2D eigenvalue weighted by atomic mass is 28.4. The first-order valence-corrected chi connectivity index (χ1v) is 48.8. The van der Waals surface area contributed by atoms with Gasteiger partial charge in [-0.1, -0.05) is 136 Å². The van der Waals surface area contributed by atoms with E-state index in [1.165, 1.54) is 5.57 Å². The van der Waals surface area contributed by atoms with Gasteiger partial charge < -0.3 is 50.9 Å². The van der Waals surface area contributed by atoms with Crippen LogP contribution in [-0.4, -0.2) is 152 Å². The first-order valence-electron chi connectivity index (χ1n) is 34.2. The van der Waals surface area contributed by atoms with E-state index in [2.05, 4.69) is 202 Å². The van der Waals surface area contributed by atoms with Crippen molar-refractivity contribution in [3.63, 3.8) is 0 Å². The van der Waals surface area contributed by atoms with Crippen LogP contribution in [0.3, 0.4) is 0 Å². The van der Waals surface area contributed by atoms with Crippen molar-refractivity contribution >= 4 is 47.4 Å². The topological polar surface area (TPSA) is 130 Å². The van der Waals surface area contributed by atoms with Crippen LogP contribution in [-0.2, 0) is 50.6 Å². The number of ketones is 1. The lowest BCUT2D eigenvalue weighted by Crippen LogP contribution is -2.63. The van der Waals surface area contributed by atoms with Gasteiger partial charge in [0, 0.05) is 45.1 Å². The Hall–Kier alpha value is -0.466. The SMILES string of the molecule is C=C1CC2CCC/C=C/C(O[Si](C)(C)C(C)(C)C)C3OC(CCC(O)CC(=O)CC4[C@@H](OC)C(CC(CO[Si](C)(C)C(C)(C)C)O[Si](C)(C)C(C)(C)C)O[C@H]4CC4O[C@@H](CCC1O2)C[C@@H](C)C4=C)CC(O[Si](C)(C)C(C)(C)C)C3O[Si](C)(C)C(C)(C)C. The van der Waals surface area contributed by atoms with Crippen molar-refractivity contribution in [3.8, 4) is 0 Å². The number of ether oxygens (including phenoxy) is 5. The van der Waals surface area contributed by atoms with Crippen molar-refractivity contribution < 1.29 is 55.7 Å². The number of carbonyl (C=O) groups excluding carboxylic acids is 1. The number of methoxy groups -OCH3 is 1. The molecule has 0 aromatic heterocycles. The van der Waals surface area contributed by atoms with Crippen LogP contribution < -0.4 is 0 Å². The van der Waals surface area contributed by atoms with E-state index < -0.39 is 72.1 Å². The predicted molar refractivity (Wildman–Crippen MR) is 373 cm³/mol. The van der Waals surface area contributed by atoms with Crippen LogP contribution in [0.1, 0.15) is 201 Å². The van der Waals surface area contributed by atoms with Gasteiger partial charge in [-0.3, -0.25) is 4.79 Å². The lowest BCUT2D eigenvalue weighted by atomic mass is 9.81. The Morgan fingerprint density at radius 1 is 0.598 bits per heavy atom. The van der Waals surface area contributed by atoms with E-state index in [-0.39, 0.29) is 111 Å². The molecule has 0 aliphatic carbocycles. The van der Waals surface area contributed by atoms with E-state index >= 15 is 0 Å². The average molecular weight is 1310 g/mol. The molecule has 12 nitrogen and oxygen atoms in total. The number of hydrogen-bond donors (Lipinski definition) is 1. The van der Waals surface area contributed by atoms with Crippen molar-refractivity contribution in [3.05, 3.63) is 36.5 Å². The number of fused-ring (bicyclic) bond motifs is 7. The first kappa shape index (κ1) is 77.2. The highest BCUT2D eigenvalue weighted by Crippen LogP contribution is 2.48. The van der Waals surface area contributed by atoms with Gasteiger partial charge in [0.2, 0.25) is 0 Å². The molecule has 5 aliphatic heterocycles. The van der Waals surface area contributed by atoms with Crippen molar-refractivity contribution in [1.82, 2.24) is 0 Å². The minimum atomic E-state index is -2.43. The largest absolute Gasteiger partial charge is 0.414 e. The fourth-order valence-corrected chi connectivity index (χ4v) is 18.4. The second kappa shape index (κ2) is 29.7. The van der Waals surface area contributed by atoms with Crippen LogP contribution in [0, 0.1) is 11.8 Å². The van der Waals surface area contributed by atoms with Gasteiger partial charge >= 0.3 is 0 Å². The summed E-state index contributed by atoms with van der Waals surface area (Å²) in [7, 11) is -9.92. The Balaban J connectivity index is 1.57. The summed E-state index contributed by atoms with van der Waals surface area (Å²) in [5, 5.41) is 12.0. The molecule has 5 rings (SSSR count). The number of aliphatic hydroxyl groups is 1. The molecule has 17 heteroatoms. The van der Waals surface area contributed by atoms with Crippen molar-refractivity contribution in [2.24, 2.45) is 11.8 Å². The van der Waals surface area contributed by atoms with Crippen LogP contribution >= 0.6 is 0 Å². The fourth-order valence-electron chi connectivity index (χ4n) is 12.1. The third-order valence-electron chi connectivity index (χ3n) is 23.2. The monoisotopic (exact) mass is 1310 g/mol. The summed E-state index contributed by atoms with van der Waals surface area (Å²) in [6, 6.07) is 0. The van der Waals surface area contributed by atoms with Gasteiger partial charge in [0.25, 0.3) is 0 Å². The van der Waals surface area contributed by atoms with Crippen molar-refractivity contribution in [1.29, 1.82) is 0 Å².